The van der Waals surface area contributed by atoms with Crippen molar-refractivity contribution in [3.05, 3.63) is 0 Å². The first-order valence-electron chi connectivity index (χ1n) is 7.31. The lowest BCUT2D eigenvalue weighted by Crippen LogP contribution is -2.39. The molecule has 0 aromatic heterocycles. The van der Waals surface area contributed by atoms with E-state index in [1.54, 1.807) is 0 Å². The van der Waals surface area contributed by atoms with Crippen LogP contribution in [0.25, 0.3) is 0 Å². The van der Waals surface area contributed by atoms with Crippen LogP contribution in [0.2, 0.25) is 0 Å². The summed E-state index contributed by atoms with van der Waals surface area (Å²) in [5.74, 6) is -0.734. The van der Waals surface area contributed by atoms with Gasteiger partial charge in [0.05, 0.1) is 0 Å². The van der Waals surface area contributed by atoms with E-state index in [4.69, 9.17) is 5.11 Å². The number of nitrogens with one attached hydrogen (secondary N) is 2. The molecule has 0 spiro atoms. The first-order valence-corrected chi connectivity index (χ1v) is 7.31. The normalized spacial score (nSPS) is 15.8. The van der Waals surface area contributed by atoms with Gasteiger partial charge in [-0.3, -0.25) is 4.79 Å². The number of carboxylic acids is 1. The Morgan fingerprint density at radius 1 is 1.11 bits per heavy atom. The lowest BCUT2D eigenvalue weighted by Gasteiger charge is -2.13. The van der Waals surface area contributed by atoms with E-state index in [0.29, 0.717) is 12.0 Å². The molecule has 0 heterocycles. The monoisotopic (exact) mass is 270 g/mol. The number of amides is 2. The second-order valence-corrected chi connectivity index (χ2v) is 5.52. The Morgan fingerprint density at radius 3 is 2.37 bits per heavy atom. The van der Waals surface area contributed by atoms with Crippen LogP contribution in [-0.2, 0) is 4.79 Å². The van der Waals surface area contributed by atoms with Gasteiger partial charge in [-0.15, -0.1) is 0 Å². The number of aliphatic carboxylic acids is 1. The van der Waals surface area contributed by atoms with Crippen molar-refractivity contribution in [2.24, 2.45) is 5.41 Å². The summed E-state index contributed by atoms with van der Waals surface area (Å²) in [4.78, 5) is 21.8. The molecular formula is C14H26N2O3. The van der Waals surface area contributed by atoms with Crippen LogP contribution >= 0.6 is 0 Å². The van der Waals surface area contributed by atoms with Gasteiger partial charge in [0.1, 0.15) is 0 Å². The highest BCUT2D eigenvalue weighted by Gasteiger charge is 2.40. The summed E-state index contributed by atoms with van der Waals surface area (Å²) in [5, 5.41) is 14.2. The third-order valence-corrected chi connectivity index (χ3v) is 3.93. The van der Waals surface area contributed by atoms with Crippen LogP contribution in [0.3, 0.4) is 0 Å². The minimum Gasteiger partial charge on any atom is -0.481 e. The van der Waals surface area contributed by atoms with Crippen LogP contribution in [0.5, 0.6) is 0 Å². The Balaban J connectivity index is 1.89. The predicted molar refractivity (Wildman–Crippen MR) is 74.1 cm³/mol. The molecule has 0 saturated heterocycles. The zero-order valence-corrected chi connectivity index (χ0v) is 11.8. The van der Waals surface area contributed by atoms with Crippen molar-refractivity contribution < 1.29 is 14.7 Å². The minimum atomic E-state index is -0.734. The van der Waals surface area contributed by atoms with E-state index in [2.05, 4.69) is 17.6 Å². The van der Waals surface area contributed by atoms with Crippen molar-refractivity contribution >= 4 is 12.0 Å². The Bertz CT molecular complexity index is 301. The van der Waals surface area contributed by atoms with Crippen molar-refractivity contribution in [2.75, 3.05) is 13.1 Å². The lowest BCUT2D eigenvalue weighted by molar-refractivity contribution is -0.137. The fourth-order valence-corrected chi connectivity index (χ4v) is 2.12. The maximum Gasteiger partial charge on any atom is 0.314 e. The Hall–Kier alpha value is -1.26. The van der Waals surface area contributed by atoms with Gasteiger partial charge < -0.3 is 15.7 Å². The average Bonchev–Trinajstić information content (AvgIpc) is 3.15. The summed E-state index contributed by atoms with van der Waals surface area (Å²) >= 11 is 0. The standard InChI is InChI=1S/C14H26N2O3/c1-2-14(8-9-14)11-16-13(19)15-10-6-4-3-5-7-12(17)18/h2-11H2,1H3,(H,17,18)(H2,15,16,19). The molecule has 1 fully saturated rings. The zero-order chi connectivity index (χ0) is 14.1. The van der Waals surface area contributed by atoms with Crippen molar-refractivity contribution in [2.45, 2.75) is 58.3 Å². The Morgan fingerprint density at radius 2 is 1.79 bits per heavy atom. The highest BCUT2D eigenvalue weighted by atomic mass is 16.4. The second-order valence-electron chi connectivity index (χ2n) is 5.52. The van der Waals surface area contributed by atoms with Gasteiger partial charge in [-0.25, -0.2) is 4.79 Å². The summed E-state index contributed by atoms with van der Waals surface area (Å²) < 4.78 is 0. The van der Waals surface area contributed by atoms with E-state index < -0.39 is 5.97 Å². The van der Waals surface area contributed by atoms with E-state index in [0.717, 1.165) is 38.6 Å². The fraction of sp³-hybridized carbons (Fsp3) is 0.857. The van der Waals surface area contributed by atoms with Gasteiger partial charge in [0.15, 0.2) is 0 Å². The predicted octanol–water partition coefficient (Wildman–Crippen LogP) is 2.51. The van der Waals surface area contributed by atoms with Gasteiger partial charge in [0.25, 0.3) is 0 Å². The maximum atomic E-state index is 11.5. The smallest absolute Gasteiger partial charge is 0.314 e. The van der Waals surface area contributed by atoms with Crippen molar-refractivity contribution in [1.29, 1.82) is 0 Å². The van der Waals surface area contributed by atoms with Crippen LogP contribution in [0, 0.1) is 5.41 Å². The highest BCUT2D eigenvalue weighted by Crippen LogP contribution is 2.47. The molecule has 0 atom stereocenters. The molecule has 1 saturated carbocycles. The summed E-state index contributed by atoms with van der Waals surface area (Å²) in [6, 6.07) is -0.0785. The van der Waals surface area contributed by atoms with E-state index in [9.17, 15) is 9.59 Å². The fourth-order valence-electron chi connectivity index (χ4n) is 2.12. The highest BCUT2D eigenvalue weighted by molar-refractivity contribution is 5.73. The molecule has 0 radical (unpaired) electrons. The molecule has 19 heavy (non-hydrogen) atoms. The van der Waals surface area contributed by atoms with Crippen LogP contribution in [0.4, 0.5) is 4.79 Å². The third kappa shape index (κ3) is 7.03. The van der Waals surface area contributed by atoms with Gasteiger partial charge in [0, 0.05) is 19.5 Å². The quantitative estimate of drug-likeness (QED) is 0.534. The number of carbonyl (C=O) groups excluding carboxylic acids is 1. The molecule has 110 valence electrons. The molecule has 0 aliphatic heterocycles. The molecule has 0 aromatic rings. The van der Waals surface area contributed by atoms with Crippen molar-refractivity contribution in [1.82, 2.24) is 10.6 Å². The maximum absolute atomic E-state index is 11.5. The summed E-state index contributed by atoms with van der Waals surface area (Å²) in [6.45, 7) is 3.62. The third-order valence-electron chi connectivity index (χ3n) is 3.93. The summed E-state index contributed by atoms with van der Waals surface area (Å²) in [5.41, 5.74) is 0.383. The van der Waals surface area contributed by atoms with Crippen molar-refractivity contribution in [3.8, 4) is 0 Å². The van der Waals surface area contributed by atoms with Gasteiger partial charge in [-0.05, 0) is 37.5 Å². The first-order chi connectivity index (χ1) is 9.08. The molecular weight excluding hydrogens is 244 g/mol. The van der Waals surface area contributed by atoms with Crippen molar-refractivity contribution in [3.63, 3.8) is 0 Å². The van der Waals surface area contributed by atoms with E-state index in [1.165, 1.54) is 12.8 Å². The van der Waals surface area contributed by atoms with Crippen LogP contribution < -0.4 is 10.6 Å². The molecule has 0 unspecified atom stereocenters. The summed E-state index contributed by atoms with van der Waals surface area (Å²) in [7, 11) is 0. The molecule has 1 aliphatic carbocycles. The number of carboxylic acid groups (broad SMARTS) is 1. The van der Waals surface area contributed by atoms with Crippen LogP contribution in [0.1, 0.15) is 58.3 Å². The molecule has 0 bridgehead atoms. The van der Waals surface area contributed by atoms with Gasteiger partial charge in [-0.1, -0.05) is 19.8 Å². The number of hydrogen-bond acceptors (Lipinski definition) is 2. The Labute approximate surface area is 115 Å². The Kier molecular flexibility index (Phi) is 6.67. The first kappa shape index (κ1) is 15.8. The number of hydrogen-bond donors (Lipinski definition) is 3. The lowest BCUT2D eigenvalue weighted by atomic mass is 10.0. The zero-order valence-electron chi connectivity index (χ0n) is 11.8. The molecule has 5 nitrogen and oxygen atoms in total. The van der Waals surface area contributed by atoms with Gasteiger partial charge in [-0.2, -0.15) is 0 Å². The molecule has 1 aliphatic rings. The van der Waals surface area contributed by atoms with Crippen LogP contribution in [0.15, 0.2) is 0 Å². The summed E-state index contributed by atoms with van der Waals surface area (Å²) in [6.07, 6.45) is 7.35. The van der Waals surface area contributed by atoms with Gasteiger partial charge >= 0.3 is 12.0 Å². The number of urea groups is 1. The van der Waals surface area contributed by atoms with Gasteiger partial charge in [0.2, 0.25) is 0 Å². The van der Waals surface area contributed by atoms with Crippen LogP contribution in [-0.4, -0.2) is 30.2 Å². The van der Waals surface area contributed by atoms with E-state index in [-0.39, 0.29) is 12.5 Å². The minimum absolute atomic E-state index is 0.0785. The molecule has 1 rings (SSSR count). The SMILES string of the molecule is CCC1(CNC(=O)NCCCCCCC(=O)O)CC1. The molecule has 0 aromatic carbocycles. The number of rotatable bonds is 10. The molecule has 5 heteroatoms. The second kappa shape index (κ2) is 8.02. The van der Waals surface area contributed by atoms with E-state index in [1.807, 2.05) is 0 Å². The number of carbonyl (C=O) groups is 2. The topological polar surface area (TPSA) is 78.4 Å². The molecule has 2 amide bonds. The largest absolute Gasteiger partial charge is 0.481 e. The number of unbranched alkanes of at least 4 members (excludes halogenated alkanes) is 3. The molecule has 3 N–H and O–H groups in total. The van der Waals surface area contributed by atoms with E-state index >= 15 is 0 Å². The average molecular weight is 270 g/mol.